The first kappa shape index (κ1) is 21.3. The van der Waals surface area contributed by atoms with Crippen LogP contribution in [0, 0.1) is 0 Å². The number of rotatable bonds is 8. The molecule has 3 aromatic rings. The molecule has 30 heavy (non-hydrogen) atoms. The lowest BCUT2D eigenvalue weighted by Gasteiger charge is -2.23. The van der Waals surface area contributed by atoms with Gasteiger partial charge in [0.2, 0.25) is 0 Å². The van der Waals surface area contributed by atoms with Crippen LogP contribution in [0.3, 0.4) is 0 Å². The highest BCUT2D eigenvalue weighted by atomic mass is 32.2. The second-order valence-corrected chi connectivity index (χ2v) is 8.65. The average molecular weight is 421 g/mol. The third-order valence-electron chi connectivity index (χ3n) is 4.69. The monoisotopic (exact) mass is 420 g/mol. The van der Waals surface area contributed by atoms with Crippen LogP contribution in [-0.4, -0.2) is 20.9 Å². The number of sulfonamides is 1. The molecule has 0 spiro atoms. The van der Waals surface area contributed by atoms with Crippen LogP contribution in [0.25, 0.3) is 0 Å². The second-order valence-electron chi connectivity index (χ2n) is 6.79. The van der Waals surface area contributed by atoms with Crippen molar-refractivity contribution in [3.8, 4) is 0 Å². The number of nitrogens with zero attached hydrogens (tertiary/aromatic N) is 1. The Labute approximate surface area is 177 Å². The molecular weight excluding hydrogens is 396 g/mol. The molecule has 3 aromatic carbocycles. The summed E-state index contributed by atoms with van der Waals surface area (Å²) < 4.78 is 27.4. The summed E-state index contributed by atoms with van der Waals surface area (Å²) in [6.45, 7) is 5.71. The summed E-state index contributed by atoms with van der Waals surface area (Å²) in [7, 11) is -3.74. The Hall–Kier alpha value is -3.38. The van der Waals surface area contributed by atoms with Gasteiger partial charge < -0.3 is 5.32 Å². The van der Waals surface area contributed by atoms with Gasteiger partial charge >= 0.3 is 0 Å². The number of hydrogen-bond donors (Lipinski definition) is 1. The Kier molecular flexibility index (Phi) is 6.69. The van der Waals surface area contributed by atoms with E-state index < -0.39 is 10.0 Å². The molecule has 1 amide bonds. The smallest absolute Gasteiger partial charge is 0.264 e. The number of benzene rings is 3. The summed E-state index contributed by atoms with van der Waals surface area (Å²) >= 11 is 0. The lowest BCUT2D eigenvalue weighted by molar-refractivity contribution is 0.0940. The first-order valence-electron chi connectivity index (χ1n) is 9.58. The molecule has 1 unspecified atom stereocenters. The highest BCUT2D eigenvalue weighted by Gasteiger charge is 2.24. The Morgan fingerprint density at radius 1 is 0.967 bits per heavy atom. The van der Waals surface area contributed by atoms with Gasteiger partial charge in [0.1, 0.15) is 0 Å². The zero-order valence-corrected chi connectivity index (χ0v) is 17.5. The van der Waals surface area contributed by atoms with E-state index in [9.17, 15) is 13.2 Å². The summed E-state index contributed by atoms with van der Waals surface area (Å²) in [5, 5.41) is 2.96. The van der Waals surface area contributed by atoms with Crippen molar-refractivity contribution < 1.29 is 13.2 Å². The predicted octanol–water partition coefficient (Wildman–Crippen LogP) is 4.56. The van der Waals surface area contributed by atoms with Gasteiger partial charge in [-0.2, -0.15) is 0 Å². The number of amides is 1. The van der Waals surface area contributed by atoms with Gasteiger partial charge in [0.05, 0.1) is 23.2 Å². The fourth-order valence-corrected chi connectivity index (χ4v) is 4.52. The summed E-state index contributed by atoms with van der Waals surface area (Å²) in [5.74, 6) is -0.223. The number of anilines is 1. The van der Waals surface area contributed by atoms with Crippen LogP contribution in [0.1, 0.15) is 28.9 Å². The molecule has 1 atom stereocenters. The predicted molar refractivity (Wildman–Crippen MR) is 120 cm³/mol. The fraction of sp³-hybridized carbons (Fsp3) is 0.125. The van der Waals surface area contributed by atoms with E-state index >= 15 is 0 Å². The minimum Gasteiger partial charge on any atom is -0.346 e. The summed E-state index contributed by atoms with van der Waals surface area (Å²) in [5.41, 5.74) is 1.93. The van der Waals surface area contributed by atoms with Gasteiger partial charge in [-0.15, -0.1) is 6.58 Å². The maximum atomic E-state index is 13.0. The Balaban J connectivity index is 1.80. The SMILES string of the molecule is C=CCN(c1ccc(C(=O)NC(C)c2ccccc2)cc1)S(=O)(=O)c1ccccc1. The van der Waals surface area contributed by atoms with Crippen molar-refractivity contribution in [2.45, 2.75) is 17.9 Å². The van der Waals surface area contributed by atoms with Crippen LogP contribution in [0.5, 0.6) is 0 Å². The maximum absolute atomic E-state index is 13.0. The Bertz CT molecular complexity index is 1100. The third kappa shape index (κ3) is 4.78. The molecule has 154 valence electrons. The topological polar surface area (TPSA) is 66.5 Å². The van der Waals surface area contributed by atoms with Crippen molar-refractivity contribution in [3.05, 3.63) is 109 Å². The number of hydrogen-bond acceptors (Lipinski definition) is 3. The molecule has 0 radical (unpaired) electrons. The van der Waals surface area contributed by atoms with Crippen LogP contribution in [0.4, 0.5) is 5.69 Å². The quantitative estimate of drug-likeness (QED) is 0.543. The fourth-order valence-electron chi connectivity index (χ4n) is 3.06. The molecule has 0 fully saturated rings. The molecule has 0 aliphatic heterocycles. The first-order chi connectivity index (χ1) is 14.4. The van der Waals surface area contributed by atoms with Gasteiger partial charge in [-0.05, 0) is 48.9 Å². The van der Waals surface area contributed by atoms with E-state index in [1.165, 1.54) is 10.4 Å². The molecule has 0 saturated carbocycles. The summed E-state index contributed by atoms with van der Waals surface area (Å²) in [4.78, 5) is 12.8. The number of carbonyl (C=O) groups is 1. The largest absolute Gasteiger partial charge is 0.346 e. The molecule has 0 aromatic heterocycles. The van der Waals surface area contributed by atoms with E-state index in [4.69, 9.17) is 0 Å². The van der Waals surface area contributed by atoms with Gasteiger partial charge in [-0.1, -0.05) is 54.6 Å². The normalized spacial score (nSPS) is 12.0. The van der Waals surface area contributed by atoms with Crippen molar-refractivity contribution in [2.24, 2.45) is 0 Å². The van der Waals surface area contributed by atoms with E-state index in [-0.39, 0.29) is 23.4 Å². The van der Waals surface area contributed by atoms with Crippen molar-refractivity contribution >= 4 is 21.6 Å². The lowest BCUT2D eigenvalue weighted by atomic mass is 10.1. The van der Waals surface area contributed by atoms with Crippen molar-refractivity contribution in [1.29, 1.82) is 0 Å². The lowest BCUT2D eigenvalue weighted by Crippen LogP contribution is -2.31. The zero-order chi connectivity index (χ0) is 21.6. The molecule has 1 N–H and O–H groups in total. The van der Waals surface area contributed by atoms with E-state index in [1.54, 1.807) is 54.6 Å². The zero-order valence-electron chi connectivity index (χ0n) is 16.7. The number of carbonyl (C=O) groups excluding carboxylic acids is 1. The molecule has 0 heterocycles. The van der Waals surface area contributed by atoms with Crippen molar-refractivity contribution in [1.82, 2.24) is 5.32 Å². The van der Waals surface area contributed by atoms with Crippen LogP contribution in [0.15, 0.2) is 102 Å². The van der Waals surface area contributed by atoms with Crippen molar-refractivity contribution in [2.75, 3.05) is 10.8 Å². The van der Waals surface area contributed by atoms with E-state index in [0.717, 1.165) is 5.56 Å². The van der Waals surface area contributed by atoms with Crippen molar-refractivity contribution in [3.63, 3.8) is 0 Å². The van der Waals surface area contributed by atoms with E-state index in [1.807, 2.05) is 37.3 Å². The molecular formula is C24H24N2O3S. The minimum atomic E-state index is -3.74. The van der Waals surface area contributed by atoms with Gasteiger partial charge in [-0.25, -0.2) is 8.42 Å². The van der Waals surface area contributed by atoms with Gasteiger partial charge in [-0.3, -0.25) is 9.10 Å². The average Bonchev–Trinajstić information content (AvgIpc) is 2.78. The maximum Gasteiger partial charge on any atom is 0.264 e. The van der Waals surface area contributed by atoms with Gasteiger partial charge in [0.25, 0.3) is 15.9 Å². The molecule has 0 saturated heterocycles. The van der Waals surface area contributed by atoms with E-state index in [2.05, 4.69) is 11.9 Å². The van der Waals surface area contributed by atoms with Crippen LogP contribution in [-0.2, 0) is 10.0 Å². The minimum absolute atomic E-state index is 0.119. The highest BCUT2D eigenvalue weighted by molar-refractivity contribution is 7.92. The number of nitrogens with one attached hydrogen (secondary N) is 1. The third-order valence-corrected chi connectivity index (χ3v) is 6.50. The van der Waals surface area contributed by atoms with Crippen LogP contribution < -0.4 is 9.62 Å². The van der Waals surface area contributed by atoms with E-state index in [0.29, 0.717) is 11.3 Å². The summed E-state index contributed by atoms with van der Waals surface area (Å²) in [6.07, 6.45) is 1.53. The first-order valence-corrected chi connectivity index (χ1v) is 11.0. The molecule has 0 aliphatic carbocycles. The molecule has 0 aliphatic rings. The molecule has 5 nitrogen and oxygen atoms in total. The molecule has 3 rings (SSSR count). The summed E-state index contributed by atoms with van der Waals surface area (Å²) in [6, 6.07) is 24.3. The standard InChI is InChI=1S/C24H24N2O3S/c1-3-18-26(30(28,29)23-12-8-5-9-13-23)22-16-14-21(15-17-22)24(27)25-19(2)20-10-6-4-7-11-20/h3-17,19H,1,18H2,2H3,(H,25,27). The van der Waals surface area contributed by atoms with Crippen LogP contribution >= 0.6 is 0 Å². The van der Waals surface area contributed by atoms with Gasteiger partial charge in [0, 0.05) is 5.56 Å². The van der Waals surface area contributed by atoms with Crippen LogP contribution in [0.2, 0.25) is 0 Å². The second kappa shape index (κ2) is 9.41. The highest BCUT2D eigenvalue weighted by Crippen LogP contribution is 2.24. The Morgan fingerprint density at radius 3 is 2.10 bits per heavy atom. The molecule has 6 heteroatoms. The Morgan fingerprint density at radius 2 is 1.53 bits per heavy atom. The van der Waals surface area contributed by atoms with Gasteiger partial charge in [0.15, 0.2) is 0 Å². The molecule has 0 bridgehead atoms.